The Morgan fingerprint density at radius 2 is 2.20 bits per heavy atom. The Morgan fingerprint density at radius 1 is 1.40 bits per heavy atom. The first kappa shape index (κ1) is 13.8. The van der Waals surface area contributed by atoms with Crippen LogP contribution < -0.4 is 5.43 Å². The molecule has 0 unspecified atom stereocenters. The molecule has 0 aliphatic rings. The summed E-state index contributed by atoms with van der Waals surface area (Å²) in [4.78, 5) is 22.1. The fourth-order valence-electron chi connectivity index (χ4n) is 1.36. The van der Waals surface area contributed by atoms with Gasteiger partial charge in [0.1, 0.15) is 5.82 Å². The van der Waals surface area contributed by atoms with E-state index in [1.807, 2.05) is 0 Å². The molecule has 2 aromatic rings. The van der Waals surface area contributed by atoms with Crippen LogP contribution in [0, 0.1) is 15.9 Å². The number of hydrazone groups is 1. The Morgan fingerprint density at radius 3 is 2.85 bits per heavy atom. The average Bonchev–Trinajstić information content (AvgIpc) is 2.87. The lowest BCUT2D eigenvalue weighted by molar-refractivity contribution is -0.380. The summed E-state index contributed by atoms with van der Waals surface area (Å²) in [5, 5.41) is 14.1. The molecule has 0 atom stereocenters. The van der Waals surface area contributed by atoms with Crippen LogP contribution in [0.25, 0.3) is 0 Å². The third kappa shape index (κ3) is 3.45. The van der Waals surface area contributed by atoms with Crippen molar-refractivity contribution in [3.63, 3.8) is 0 Å². The van der Waals surface area contributed by atoms with Crippen molar-refractivity contribution in [1.82, 2.24) is 5.43 Å². The quantitative estimate of drug-likeness (QED) is 0.534. The molecule has 6 nitrogen and oxygen atoms in total. The first-order valence-corrected chi connectivity index (χ1v) is 6.21. The van der Waals surface area contributed by atoms with Gasteiger partial charge in [-0.2, -0.15) is 5.10 Å². The Kier molecular flexibility index (Phi) is 4.16. The monoisotopic (exact) mass is 293 g/mol. The van der Waals surface area contributed by atoms with Crippen LogP contribution in [0.3, 0.4) is 0 Å². The number of carbonyl (C=O) groups excluding carboxylic acids is 1. The predicted molar refractivity (Wildman–Crippen MR) is 72.4 cm³/mol. The SMILES string of the molecule is O=C(N/N=C\c1ccc([N+](=O)[O-])s1)c1cccc(F)c1. The number of halogens is 1. The van der Waals surface area contributed by atoms with Gasteiger partial charge in [0.2, 0.25) is 0 Å². The van der Waals surface area contributed by atoms with Crippen molar-refractivity contribution < 1.29 is 14.1 Å². The zero-order valence-electron chi connectivity index (χ0n) is 9.95. The van der Waals surface area contributed by atoms with Gasteiger partial charge in [-0.05, 0) is 24.3 Å². The van der Waals surface area contributed by atoms with Gasteiger partial charge in [-0.1, -0.05) is 17.4 Å². The molecule has 0 fully saturated rings. The molecule has 1 aromatic heterocycles. The van der Waals surface area contributed by atoms with E-state index in [0.717, 1.165) is 17.4 Å². The van der Waals surface area contributed by atoms with Crippen LogP contribution in [0.15, 0.2) is 41.5 Å². The summed E-state index contributed by atoms with van der Waals surface area (Å²) in [5.41, 5.74) is 2.35. The lowest BCUT2D eigenvalue weighted by atomic mass is 10.2. The van der Waals surface area contributed by atoms with Crippen molar-refractivity contribution in [2.75, 3.05) is 0 Å². The number of hydrogen-bond donors (Lipinski definition) is 1. The predicted octanol–water partition coefficient (Wildman–Crippen LogP) is 2.56. The van der Waals surface area contributed by atoms with Gasteiger partial charge < -0.3 is 0 Å². The first-order chi connectivity index (χ1) is 9.56. The fourth-order valence-corrected chi connectivity index (χ4v) is 2.05. The number of benzene rings is 1. The molecule has 0 saturated heterocycles. The van der Waals surface area contributed by atoms with Crippen LogP contribution in [0.4, 0.5) is 9.39 Å². The van der Waals surface area contributed by atoms with E-state index in [0.29, 0.717) is 4.88 Å². The summed E-state index contributed by atoms with van der Waals surface area (Å²) in [6.07, 6.45) is 1.29. The fraction of sp³-hybridized carbons (Fsp3) is 0. The molecule has 1 N–H and O–H groups in total. The van der Waals surface area contributed by atoms with E-state index in [2.05, 4.69) is 10.5 Å². The second-order valence-electron chi connectivity index (χ2n) is 3.64. The Labute approximate surface area is 116 Å². The van der Waals surface area contributed by atoms with Crippen molar-refractivity contribution in [3.8, 4) is 0 Å². The zero-order chi connectivity index (χ0) is 14.5. The van der Waals surface area contributed by atoms with E-state index in [9.17, 15) is 19.3 Å². The summed E-state index contributed by atoms with van der Waals surface area (Å²) in [7, 11) is 0. The maximum absolute atomic E-state index is 12.9. The van der Waals surface area contributed by atoms with Gasteiger partial charge in [0.05, 0.1) is 16.0 Å². The van der Waals surface area contributed by atoms with Crippen LogP contribution in [-0.2, 0) is 0 Å². The van der Waals surface area contributed by atoms with Gasteiger partial charge >= 0.3 is 5.00 Å². The zero-order valence-corrected chi connectivity index (χ0v) is 10.8. The lowest BCUT2D eigenvalue weighted by Gasteiger charge is -1.98. The average molecular weight is 293 g/mol. The molecule has 0 bridgehead atoms. The first-order valence-electron chi connectivity index (χ1n) is 5.39. The Bertz CT molecular complexity index is 684. The molecule has 1 amide bonds. The molecule has 0 aliphatic heterocycles. The Hall–Kier alpha value is -2.61. The van der Waals surface area contributed by atoms with Gasteiger partial charge in [0.25, 0.3) is 5.91 Å². The molecule has 102 valence electrons. The second-order valence-corrected chi connectivity index (χ2v) is 4.74. The molecular formula is C12H8FN3O3S. The van der Waals surface area contributed by atoms with E-state index < -0.39 is 16.6 Å². The molecule has 8 heteroatoms. The summed E-state index contributed by atoms with van der Waals surface area (Å²) >= 11 is 0.931. The van der Waals surface area contributed by atoms with Crippen LogP contribution in [-0.4, -0.2) is 17.0 Å². The normalized spacial score (nSPS) is 10.7. The van der Waals surface area contributed by atoms with Crippen LogP contribution >= 0.6 is 11.3 Å². The number of thiophene rings is 1. The number of carbonyl (C=O) groups is 1. The maximum atomic E-state index is 12.9. The van der Waals surface area contributed by atoms with E-state index in [-0.39, 0.29) is 10.6 Å². The molecule has 0 radical (unpaired) electrons. The topological polar surface area (TPSA) is 84.6 Å². The third-order valence-corrected chi connectivity index (χ3v) is 3.21. The molecular weight excluding hydrogens is 285 g/mol. The van der Waals surface area contributed by atoms with Crippen molar-refractivity contribution in [2.24, 2.45) is 5.10 Å². The molecule has 1 heterocycles. The number of nitrogens with zero attached hydrogens (tertiary/aromatic N) is 2. The molecule has 2 rings (SSSR count). The van der Waals surface area contributed by atoms with Gasteiger partial charge in [-0.3, -0.25) is 14.9 Å². The standard InChI is InChI=1S/C12H8FN3O3S/c13-9-3-1-2-8(6-9)12(17)15-14-7-10-4-5-11(20-10)16(18)19/h1-7H,(H,15,17)/b14-7-. The van der Waals surface area contributed by atoms with Crippen molar-refractivity contribution in [2.45, 2.75) is 0 Å². The minimum atomic E-state index is -0.563. The highest BCUT2D eigenvalue weighted by atomic mass is 32.1. The summed E-state index contributed by atoms with van der Waals surface area (Å²) in [5.74, 6) is -1.08. The molecule has 0 saturated carbocycles. The van der Waals surface area contributed by atoms with Crippen LogP contribution in [0.5, 0.6) is 0 Å². The van der Waals surface area contributed by atoms with Crippen LogP contribution in [0.1, 0.15) is 15.2 Å². The summed E-state index contributed by atoms with van der Waals surface area (Å²) in [6, 6.07) is 8.03. The van der Waals surface area contributed by atoms with E-state index in [1.165, 1.54) is 36.5 Å². The highest BCUT2D eigenvalue weighted by Crippen LogP contribution is 2.22. The smallest absolute Gasteiger partial charge is 0.267 e. The van der Waals surface area contributed by atoms with Crippen molar-refractivity contribution in [3.05, 3.63) is 62.8 Å². The summed E-state index contributed by atoms with van der Waals surface area (Å²) < 4.78 is 12.9. The van der Waals surface area contributed by atoms with E-state index >= 15 is 0 Å². The van der Waals surface area contributed by atoms with Crippen molar-refractivity contribution >= 4 is 28.5 Å². The number of nitrogens with one attached hydrogen (secondary N) is 1. The highest BCUT2D eigenvalue weighted by molar-refractivity contribution is 7.16. The van der Waals surface area contributed by atoms with Crippen molar-refractivity contribution in [1.29, 1.82) is 0 Å². The molecule has 20 heavy (non-hydrogen) atoms. The largest absolute Gasteiger partial charge is 0.324 e. The van der Waals surface area contributed by atoms with E-state index in [1.54, 1.807) is 0 Å². The number of rotatable bonds is 4. The van der Waals surface area contributed by atoms with Gasteiger partial charge in [0.15, 0.2) is 0 Å². The van der Waals surface area contributed by atoms with Gasteiger partial charge in [-0.15, -0.1) is 0 Å². The maximum Gasteiger partial charge on any atom is 0.324 e. The van der Waals surface area contributed by atoms with E-state index in [4.69, 9.17) is 0 Å². The number of nitro groups is 1. The van der Waals surface area contributed by atoms with Gasteiger partial charge in [-0.25, -0.2) is 9.82 Å². The number of hydrogen-bond acceptors (Lipinski definition) is 5. The second kappa shape index (κ2) is 6.02. The molecule has 0 spiro atoms. The highest BCUT2D eigenvalue weighted by Gasteiger charge is 2.08. The molecule has 0 aliphatic carbocycles. The van der Waals surface area contributed by atoms with Gasteiger partial charge in [0, 0.05) is 11.6 Å². The minimum absolute atomic E-state index is 0.0112. The minimum Gasteiger partial charge on any atom is -0.267 e. The lowest BCUT2D eigenvalue weighted by Crippen LogP contribution is -2.17. The summed E-state index contributed by atoms with van der Waals surface area (Å²) in [6.45, 7) is 0. The Balaban J connectivity index is 1.99. The third-order valence-electron chi connectivity index (χ3n) is 2.24. The van der Waals surface area contributed by atoms with Crippen LogP contribution in [0.2, 0.25) is 0 Å². The number of amides is 1. The molecule has 1 aromatic carbocycles.